The molecular formula is C21H20N4O2. The van der Waals surface area contributed by atoms with E-state index >= 15 is 0 Å². The second-order valence-corrected chi connectivity index (χ2v) is 7.37. The first-order chi connectivity index (χ1) is 13.1. The number of para-hydroxylation sites is 1. The average Bonchev–Trinajstić information content (AvgIpc) is 3.23. The summed E-state index contributed by atoms with van der Waals surface area (Å²) in [6.07, 6.45) is 5.04. The quantitative estimate of drug-likeness (QED) is 0.670. The van der Waals surface area contributed by atoms with Gasteiger partial charge in [-0.05, 0) is 36.6 Å². The smallest absolute Gasteiger partial charge is 0.272 e. The number of likely N-dealkylation sites (N-methyl/N-ethyl adjacent to an activating group) is 1. The van der Waals surface area contributed by atoms with Crippen molar-refractivity contribution in [3.05, 3.63) is 66.1 Å². The largest absolute Gasteiger partial charge is 0.336 e. The zero-order chi connectivity index (χ0) is 18.6. The summed E-state index contributed by atoms with van der Waals surface area (Å²) in [5.41, 5.74) is 2.63. The van der Waals surface area contributed by atoms with E-state index in [0.29, 0.717) is 18.8 Å². The van der Waals surface area contributed by atoms with Gasteiger partial charge in [0.25, 0.3) is 5.91 Å². The van der Waals surface area contributed by atoms with Crippen LogP contribution in [0.4, 0.5) is 5.69 Å². The second-order valence-electron chi connectivity index (χ2n) is 7.37. The zero-order valence-electron chi connectivity index (χ0n) is 15.1. The Balaban J connectivity index is 1.53. The van der Waals surface area contributed by atoms with Crippen molar-refractivity contribution < 1.29 is 9.59 Å². The summed E-state index contributed by atoms with van der Waals surface area (Å²) in [5.74, 6) is 0.00644. The molecule has 1 unspecified atom stereocenters. The lowest BCUT2D eigenvalue weighted by atomic mass is 9.75. The average molecular weight is 360 g/mol. The van der Waals surface area contributed by atoms with Gasteiger partial charge >= 0.3 is 0 Å². The van der Waals surface area contributed by atoms with E-state index in [0.717, 1.165) is 29.7 Å². The van der Waals surface area contributed by atoms with Gasteiger partial charge in [-0.2, -0.15) is 0 Å². The summed E-state index contributed by atoms with van der Waals surface area (Å²) >= 11 is 0. The van der Waals surface area contributed by atoms with E-state index in [1.54, 1.807) is 15.5 Å². The number of imidazole rings is 1. The highest BCUT2D eigenvalue weighted by molar-refractivity contribution is 6.08. The lowest BCUT2D eigenvalue weighted by Gasteiger charge is -2.39. The van der Waals surface area contributed by atoms with Crippen molar-refractivity contribution in [3.8, 4) is 0 Å². The van der Waals surface area contributed by atoms with Crippen LogP contribution in [0.15, 0.2) is 54.9 Å². The van der Waals surface area contributed by atoms with Gasteiger partial charge in [0.2, 0.25) is 5.91 Å². The number of benzene rings is 1. The molecule has 6 heteroatoms. The molecule has 0 N–H and O–H groups in total. The minimum atomic E-state index is -0.639. The third-order valence-corrected chi connectivity index (χ3v) is 5.91. The van der Waals surface area contributed by atoms with Crippen molar-refractivity contribution in [1.82, 2.24) is 14.3 Å². The number of hydrogen-bond donors (Lipinski definition) is 0. The first-order valence-corrected chi connectivity index (χ1v) is 9.21. The molecule has 1 spiro atoms. The molecule has 2 aliphatic rings. The van der Waals surface area contributed by atoms with Gasteiger partial charge < -0.3 is 9.80 Å². The molecule has 0 bridgehead atoms. The normalized spacial score (nSPS) is 21.9. The molecular weight excluding hydrogens is 340 g/mol. The fraction of sp³-hybridized carbons (Fsp3) is 0.286. The highest BCUT2D eigenvalue weighted by atomic mass is 16.2. The van der Waals surface area contributed by atoms with Gasteiger partial charge in [-0.3, -0.25) is 14.0 Å². The van der Waals surface area contributed by atoms with Gasteiger partial charge in [-0.1, -0.05) is 24.3 Å². The molecule has 2 aliphatic heterocycles. The molecule has 3 aromatic rings. The number of carbonyl (C=O) groups is 2. The summed E-state index contributed by atoms with van der Waals surface area (Å²) in [6, 6.07) is 13.6. The van der Waals surface area contributed by atoms with Crippen LogP contribution in [0.3, 0.4) is 0 Å². The van der Waals surface area contributed by atoms with Gasteiger partial charge in [-0.25, -0.2) is 4.98 Å². The Kier molecular flexibility index (Phi) is 3.37. The first-order valence-electron chi connectivity index (χ1n) is 9.21. The van der Waals surface area contributed by atoms with Crippen LogP contribution in [0, 0.1) is 0 Å². The van der Waals surface area contributed by atoms with Crippen molar-refractivity contribution in [3.63, 3.8) is 0 Å². The Morgan fingerprint density at radius 3 is 2.85 bits per heavy atom. The topological polar surface area (TPSA) is 57.9 Å². The third kappa shape index (κ3) is 2.16. The minimum absolute atomic E-state index is 0.0763. The molecule has 0 radical (unpaired) electrons. The van der Waals surface area contributed by atoms with Gasteiger partial charge in [-0.15, -0.1) is 0 Å². The molecule has 5 rings (SSSR count). The fourth-order valence-electron chi connectivity index (χ4n) is 4.59. The van der Waals surface area contributed by atoms with Crippen molar-refractivity contribution in [2.45, 2.75) is 18.3 Å². The molecule has 136 valence electrons. The van der Waals surface area contributed by atoms with Crippen molar-refractivity contribution in [1.29, 1.82) is 0 Å². The Morgan fingerprint density at radius 1 is 1.15 bits per heavy atom. The first kappa shape index (κ1) is 16.1. The maximum Gasteiger partial charge on any atom is 0.272 e. The number of fused-ring (bicyclic) bond motifs is 3. The van der Waals surface area contributed by atoms with E-state index in [2.05, 4.69) is 4.98 Å². The van der Waals surface area contributed by atoms with Crippen molar-refractivity contribution in [2.24, 2.45) is 0 Å². The molecule has 0 saturated carbocycles. The third-order valence-electron chi connectivity index (χ3n) is 5.91. The fourth-order valence-corrected chi connectivity index (χ4v) is 4.59. The minimum Gasteiger partial charge on any atom is -0.336 e. The standard InChI is InChI=1S/C21H20N4O2/c1-23-16-8-3-2-7-15(16)21(20(23)27)10-6-11-24(14-21)19(26)17-13-22-18-9-4-5-12-25(17)18/h2-5,7-9,12-13H,6,10-11,14H2,1H3. The maximum atomic E-state index is 13.3. The van der Waals surface area contributed by atoms with Crippen LogP contribution < -0.4 is 4.90 Å². The van der Waals surface area contributed by atoms with Crippen LogP contribution in [0.2, 0.25) is 0 Å². The Morgan fingerprint density at radius 2 is 1.96 bits per heavy atom. The van der Waals surface area contributed by atoms with Crippen LogP contribution in [-0.4, -0.2) is 46.2 Å². The summed E-state index contributed by atoms with van der Waals surface area (Å²) in [6.45, 7) is 1.06. The van der Waals surface area contributed by atoms with E-state index in [4.69, 9.17) is 0 Å². The van der Waals surface area contributed by atoms with Crippen LogP contribution in [0.1, 0.15) is 28.9 Å². The predicted octanol–water partition coefficient (Wildman–Crippen LogP) is 2.48. The summed E-state index contributed by atoms with van der Waals surface area (Å²) in [4.78, 5) is 34.3. The lowest BCUT2D eigenvalue weighted by Crippen LogP contribution is -2.53. The number of likely N-dealkylation sites (tertiary alicyclic amines) is 1. The molecule has 1 saturated heterocycles. The summed E-state index contributed by atoms with van der Waals surface area (Å²) in [7, 11) is 1.82. The molecule has 6 nitrogen and oxygen atoms in total. The number of piperidine rings is 1. The van der Waals surface area contributed by atoms with E-state index in [-0.39, 0.29) is 11.8 Å². The number of carbonyl (C=O) groups excluding carboxylic acids is 2. The van der Waals surface area contributed by atoms with Crippen molar-refractivity contribution in [2.75, 3.05) is 25.0 Å². The number of amides is 2. The number of anilines is 1. The molecule has 0 aliphatic carbocycles. The van der Waals surface area contributed by atoms with Crippen LogP contribution in [-0.2, 0) is 10.2 Å². The maximum absolute atomic E-state index is 13.3. The number of pyridine rings is 1. The molecule has 4 heterocycles. The van der Waals surface area contributed by atoms with Crippen molar-refractivity contribution >= 4 is 23.1 Å². The van der Waals surface area contributed by atoms with E-state index in [1.165, 1.54) is 0 Å². The van der Waals surface area contributed by atoms with Crippen LogP contribution >= 0.6 is 0 Å². The molecule has 27 heavy (non-hydrogen) atoms. The van der Waals surface area contributed by atoms with E-state index < -0.39 is 5.41 Å². The van der Waals surface area contributed by atoms with Crippen LogP contribution in [0.5, 0.6) is 0 Å². The Hall–Kier alpha value is -3.15. The van der Waals surface area contributed by atoms with Crippen LogP contribution in [0.25, 0.3) is 5.65 Å². The highest BCUT2D eigenvalue weighted by Gasteiger charge is 2.52. The monoisotopic (exact) mass is 360 g/mol. The highest BCUT2D eigenvalue weighted by Crippen LogP contribution is 2.46. The number of aromatic nitrogens is 2. The summed E-state index contributed by atoms with van der Waals surface area (Å²) in [5, 5.41) is 0. The molecule has 1 fully saturated rings. The zero-order valence-corrected chi connectivity index (χ0v) is 15.1. The number of nitrogens with zero attached hydrogens (tertiary/aromatic N) is 4. The molecule has 1 aromatic carbocycles. The Bertz CT molecular complexity index is 1070. The predicted molar refractivity (Wildman–Crippen MR) is 102 cm³/mol. The Labute approximate surface area is 157 Å². The van der Waals surface area contributed by atoms with Gasteiger partial charge in [0.1, 0.15) is 11.3 Å². The second kappa shape index (κ2) is 5.67. The van der Waals surface area contributed by atoms with Gasteiger partial charge in [0.05, 0.1) is 11.6 Å². The van der Waals surface area contributed by atoms with E-state index in [9.17, 15) is 9.59 Å². The summed E-state index contributed by atoms with van der Waals surface area (Å²) < 4.78 is 1.81. The number of rotatable bonds is 1. The van der Waals surface area contributed by atoms with E-state index in [1.807, 2.05) is 60.6 Å². The lowest BCUT2D eigenvalue weighted by molar-refractivity contribution is -0.124. The van der Waals surface area contributed by atoms with Gasteiger partial charge in [0, 0.05) is 32.0 Å². The molecule has 2 amide bonds. The SMILES string of the molecule is CN1C(=O)C2(CCCN(C(=O)c3cnc4ccccn34)C2)c2ccccc21. The molecule has 2 aromatic heterocycles. The van der Waals surface area contributed by atoms with Gasteiger partial charge in [0.15, 0.2) is 0 Å². The molecule has 1 atom stereocenters. The number of hydrogen-bond acceptors (Lipinski definition) is 3.